The molecule has 7 heteroatoms. The van der Waals surface area contributed by atoms with Crippen molar-refractivity contribution in [2.75, 3.05) is 18.4 Å². The number of nitrogens with one attached hydrogen (secondary N) is 1. The summed E-state index contributed by atoms with van der Waals surface area (Å²) in [6.07, 6.45) is 0. The molecule has 1 unspecified atom stereocenters. The molecule has 0 saturated carbocycles. The number of hydrogen-bond donors (Lipinski definition) is 1. The monoisotopic (exact) mass is 457 g/mol. The molecule has 0 spiro atoms. The molecule has 1 N–H and O–H groups in total. The molecule has 0 aliphatic carbocycles. The molecule has 3 aromatic rings. The van der Waals surface area contributed by atoms with Crippen molar-refractivity contribution >= 4 is 52.1 Å². The zero-order chi connectivity index (χ0) is 21.1. The minimum atomic E-state index is -0.145. The van der Waals surface area contributed by atoms with Gasteiger partial charge in [-0.05, 0) is 59.7 Å². The van der Waals surface area contributed by atoms with Gasteiger partial charge in [0, 0.05) is 33.2 Å². The molecule has 0 radical (unpaired) electrons. The van der Waals surface area contributed by atoms with Crippen molar-refractivity contribution in [2.45, 2.75) is 5.92 Å². The van der Waals surface area contributed by atoms with Gasteiger partial charge >= 0.3 is 0 Å². The Hall–Kier alpha value is -2.53. The Morgan fingerprint density at radius 3 is 2.00 bits per heavy atom. The minimum absolute atomic E-state index is 0.0202. The van der Waals surface area contributed by atoms with E-state index < -0.39 is 0 Å². The first-order chi connectivity index (χ1) is 14.5. The second-order valence-corrected chi connectivity index (χ2v) is 8.31. The zero-order valence-corrected chi connectivity index (χ0v) is 18.1. The average Bonchev–Trinajstić information content (AvgIpc) is 3.14. The summed E-state index contributed by atoms with van der Waals surface area (Å²) in [5.74, 6) is -0.125. The number of amides is 1. The van der Waals surface area contributed by atoms with E-state index in [0.29, 0.717) is 27.3 Å². The van der Waals surface area contributed by atoms with Crippen LogP contribution < -0.4 is 5.32 Å². The first-order valence-electron chi connectivity index (χ1n) is 9.38. The Kier molecular flexibility index (Phi) is 6.28. The van der Waals surface area contributed by atoms with Gasteiger partial charge in [0.15, 0.2) is 0 Å². The van der Waals surface area contributed by atoms with Gasteiger partial charge in [0.1, 0.15) is 6.54 Å². The molecule has 4 nitrogen and oxygen atoms in total. The Labute approximate surface area is 190 Å². The fourth-order valence-electron chi connectivity index (χ4n) is 3.40. The first-order valence-corrected chi connectivity index (χ1v) is 10.5. The van der Waals surface area contributed by atoms with Gasteiger partial charge in [0.25, 0.3) is 0 Å². The summed E-state index contributed by atoms with van der Waals surface area (Å²) in [4.78, 5) is 12.5. The molecule has 4 rings (SSSR count). The Balaban J connectivity index is 1.54. The van der Waals surface area contributed by atoms with E-state index in [0.717, 1.165) is 16.8 Å². The highest BCUT2D eigenvalue weighted by Gasteiger charge is 2.30. The van der Waals surface area contributed by atoms with Crippen LogP contribution in [0.1, 0.15) is 17.0 Å². The molecule has 0 fully saturated rings. The third-order valence-electron chi connectivity index (χ3n) is 4.84. The number of nitrogens with zero attached hydrogens (tertiary/aromatic N) is 2. The van der Waals surface area contributed by atoms with E-state index in [4.69, 9.17) is 39.9 Å². The second-order valence-electron chi connectivity index (χ2n) is 7.00. The van der Waals surface area contributed by atoms with Crippen LogP contribution in [0.4, 0.5) is 5.69 Å². The molecule has 0 saturated heterocycles. The number of carbonyl (C=O) groups is 1. The van der Waals surface area contributed by atoms with Crippen LogP contribution in [0.3, 0.4) is 0 Å². The maximum Gasteiger partial charge on any atom is 0.245 e. The Morgan fingerprint density at radius 2 is 1.40 bits per heavy atom. The van der Waals surface area contributed by atoms with Crippen molar-refractivity contribution in [1.29, 1.82) is 0 Å². The average molecular weight is 459 g/mol. The zero-order valence-electron chi connectivity index (χ0n) is 15.9. The molecule has 1 amide bonds. The lowest BCUT2D eigenvalue weighted by molar-refractivity contribution is -0.117. The highest BCUT2D eigenvalue weighted by Crippen LogP contribution is 2.30. The molecule has 3 aromatic carbocycles. The summed E-state index contributed by atoms with van der Waals surface area (Å²) < 4.78 is 0. The molecule has 1 heterocycles. The van der Waals surface area contributed by atoms with Crippen molar-refractivity contribution in [3.8, 4) is 0 Å². The molecule has 30 heavy (non-hydrogen) atoms. The number of carbonyl (C=O) groups excluding carboxylic acids is 1. The molecule has 0 aromatic heterocycles. The Morgan fingerprint density at radius 1 is 0.867 bits per heavy atom. The molecule has 1 aliphatic rings. The van der Waals surface area contributed by atoms with Gasteiger partial charge in [0.2, 0.25) is 5.91 Å². The first kappa shape index (κ1) is 20.7. The lowest BCUT2D eigenvalue weighted by Gasteiger charge is -2.16. The van der Waals surface area contributed by atoms with Crippen molar-refractivity contribution < 1.29 is 4.79 Å². The molecular weight excluding hydrogens is 441 g/mol. The quantitative estimate of drug-likeness (QED) is 0.503. The van der Waals surface area contributed by atoms with Gasteiger partial charge in [-0.2, -0.15) is 5.10 Å². The topological polar surface area (TPSA) is 44.7 Å². The standard InChI is InChI=1S/C23H18Cl3N3O/c24-17-5-1-15(2-6-17)21-13-29(28-23(21)16-3-7-18(25)8-4-16)14-22(30)27-20-11-9-19(26)10-12-20/h1-12,21H,13-14H2,(H,27,30). The highest BCUT2D eigenvalue weighted by molar-refractivity contribution is 6.31. The van der Waals surface area contributed by atoms with Crippen LogP contribution in [-0.4, -0.2) is 29.7 Å². The molecular formula is C23H18Cl3N3O. The van der Waals surface area contributed by atoms with Crippen molar-refractivity contribution in [3.05, 3.63) is 99.0 Å². The van der Waals surface area contributed by atoms with E-state index >= 15 is 0 Å². The largest absolute Gasteiger partial charge is 0.324 e. The van der Waals surface area contributed by atoms with E-state index in [1.807, 2.05) is 48.5 Å². The number of hydrazone groups is 1. The highest BCUT2D eigenvalue weighted by atomic mass is 35.5. The van der Waals surface area contributed by atoms with E-state index in [2.05, 4.69) is 5.32 Å². The number of benzene rings is 3. The van der Waals surface area contributed by atoms with Crippen LogP contribution in [0.25, 0.3) is 0 Å². The maximum absolute atomic E-state index is 12.5. The fourth-order valence-corrected chi connectivity index (χ4v) is 3.78. The van der Waals surface area contributed by atoms with Crippen LogP contribution in [-0.2, 0) is 4.79 Å². The lowest BCUT2D eigenvalue weighted by Crippen LogP contribution is -2.29. The van der Waals surface area contributed by atoms with Crippen LogP contribution in [0.5, 0.6) is 0 Å². The predicted octanol–water partition coefficient (Wildman–Crippen LogP) is 6.09. The smallest absolute Gasteiger partial charge is 0.245 e. The SMILES string of the molecule is O=C(CN1CC(c2ccc(Cl)cc2)C(c2ccc(Cl)cc2)=N1)Nc1ccc(Cl)cc1. The summed E-state index contributed by atoms with van der Waals surface area (Å²) in [5, 5.41) is 11.4. The number of hydrogen-bond acceptors (Lipinski definition) is 3. The fraction of sp³-hybridized carbons (Fsp3) is 0.130. The van der Waals surface area contributed by atoms with Crippen LogP contribution in [0, 0.1) is 0 Å². The number of anilines is 1. The third-order valence-corrected chi connectivity index (χ3v) is 5.59. The lowest BCUT2D eigenvalue weighted by atomic mass is 9.91. The third kappa shape index (κ3) is 4.96. The van der Waals surface area contributed by atoms with Crippen molar-refractivity contribution in [1.82, 2.24) is 5.01 Å². The Bertz CT molecular complexity index is 1060. The van der Waals surface area contributed by atoms with Gasteiger partial charge in [-0.1, -0.05) is 59.1 Å². The van der Waals surface area contributed by atoms with Crippen LogP contribution in [0.15, 0.2) is 77.9 Å². The summed E-state index contributed by atoms with van der Waals surface area (Å²) in [5.41, 5.74) is 3.65. The maximum atomic E-state index is 12.5. The molecule has 0 bridgehead atoms. The summed E-state index contributed by atoms with van der Waals surface area (Å²) >= 11 is 18.0. The van der Waals surface area contributed by atoms with Crippen molar-refractivity contribution in [3.63, 3.8) is 0 Å². The van der Waals surface area contributed by atoms with Gasteiger partial charge in [-0.3, -0.25) is 9.80 Å². The molecule has 1 aliphatic heterocycles. The predicted molar refractivity (Wildman–Crippen MR) is 124 cm³/mol. The molecule has 1 atom stereocenters. The second kappa shape index (κ2) is 9.09. The summed E-state index contributed by atoms with van der Waals surface area (Å²) in [6.45, 7) is 0.734. The number of rotatable bonds is 5. The summed E-state index contributed by atoms with van der Waals surface area (Å²) in [6, 6.07) is 22.3. The van der Waals surface area contributed by atoms with E-state index in [1.165, 1.54) is 0 Å². The van der Waals surface area contributed by atoms with Gasteiger partial charge in [0.05, 0.1) is 5.71 Å². The number of halogens is 3. The van der Waals surface area contributed by atoms with E-state index in [1.54, 1.807) is 29.3 Å². The van der Waals surface area contributed by atoms with Gasteiger partial charge < -0.3 is 5.32 Å². The normalized spacial score (nSPS) is 15.8. The van der Waals surface area contributed by atoms with E-state index in [9.17, 15) is 4.79 Å². The van der Waals surface area contributed by atoms with Crippen molar-refractivity contribution in [2.24, 2.45) is 5.10 Å². The van der Waals surface area contributed by atoms with Crippen LogP contribution in [0.2, 0.25) is 15.1 Å². The van der Waals surface area contributed by atoms with E-state index in [-0.39, 0.29) is 18.4 Å². The molecule has 152 valence electrons. The summed E-state index contributed by atoms with van der Waals surface area (Å²) in [7, 11) is 0. The van der Waals surface area contributed by atoms with Gasteiger partial charge in [-0.25, -0.2) is 0 Å². The van der Waals surface area contributed by atoms with Gasteiger partial charge in [-0.15, -0.1) is 0 Å². The minimum Gasteiger partial charge on any atom is -0.324 e. The van der Waals surface area contributed by atoms with Crippen LogP contribution >= 0.6 is 34.8 Å².